The van der Waals surface area contributed by atoms with Crippen molar-refractivity contribution in [3.8, 4) is 5.75 Å². The zero-order valence-corrected chi connectivity index (χ0v) is 15.4. The van der Waals surface area contributed by atoms with E-state index in [1.807, 2.05) is 13.8 Å². The average Bonchev–Trinajstić information content (AvgIpc) is 2.60. The fourth-order valence-electron chi connectivity index (χ4n) is 2.73. The second kappa shape index (κ2) is 11.1. The van der Waals surface area contributed by atoms with Crippen LogP contribution < -0.4 is 4.74 Å². The third-order valence-electron chi connectivity index (χ3n) is 3.87. The Balaban J connectivity index is 0.00000127. The van der Waals surface area contributed by atoms with Crippen LogP contribution in [0.3, 0.4) is 0 Å². The first-order valence-corrected chi connectivity index (χ1v) is 8.91. The number of ether oxygens (including phenoxy) is 2. The molecule has 0 aliphatic rings. The molecule has 2 heteroatoms. The molecule has 0 unspecified atom stereocenters. The summed E-state index contributed by atoms with van der Waals surface area (Å²) in [4.78, 5) is 0. The number of hydrogen-bond acceptors (Lipinski definition) is 2. The van der Waals surface area contributed by atoms with Gasteiger partial charge in [-0.3, -0.25) is 0 Å². The van der Waals surface area contributed by atoms with Gasteiger partial charge in [0.2, 0.25) is 0 Å². The molecule has 0 bridgehead atoms. The van der Waals surface area contributed by atoms with E-state index >= 15 is 0 Å². The van der Waals surface area contributed by atoms with E-state index in [0.29, 0.717) is 6.61 Å². The largest absolute Gasteiger partial charge is 0.493 e. The summed E-state index contributed by atoms with van der Waals surface area (Å²) in [6.07, 6.45) is 4.52. The van der Waals surface area contributed by atoms with Crippen LogP contribution in [0.25, 0.3) is 10.8 Å². The topological polar surface area (TPSA) is 18.5 Å². The number of hydrogen-bond donors (Lipinski definition) is 0. The third-order valence-corrected chi connectivity index (χ3v) is 3.87. The van der Waals surface area contributed by atoms with Crippen molar-refractivity contribution in [2.45, 2.75) is 53.4 Å². The summed E-state index contributed by atoms with van der Waals surface area (Å²) in [7, 11) is 1.72. The van der Waals surface area contributed by atoms with Crippen LogP contribution in [0, 0.1) is 6.92 Å². The molecule has 0 spiro atoms. The van der Waals surface area contributed by atoms with Crippen molar-refractivity contribution in [2.24, 2.45) is 0 Å². The van der Waals surface area contributed by atoms with E-state index in [2.05, 4.69) is 44.2 Å². The number of fused-ring (bicyclic) bond motifs is 1. The molecular formula is C21H32O2. The normalized spacial score (nSPS) is 10.3. The molecule has 0 heterocycles. The van der Waals surface area contributed by atoms with Crippen LogP contribution in [-0.2, 0) is 11.2 Å². The van der Waals surface area contributed by atoms with E-state index < -0.39 is 0 Å². The van der Waals surface area contributed by atoms with Crippen LogP contribution in [0.5, 0.6) is 5.75 Å². The van der Waals surface area contributed by atoms with Crippen molar-refractivity contribution >= 4 is 10.8 Å². The quantitative estimate of drug-likeness (QED) is 0.562. The van der Waals surface area contributed by atoms with Crippen LogP contribution in [-0.4, -0.2) is 20.3 Å². The molecule has 2 nitrogen and oxygen atoms in total. The number of unbranched alkanes of at least 4 members (excludes halogenated alkanes) is 1. The molecule has 0 aliphatic heterocycles. The maximum Gasteiger partial charge on any atom is 0.127 e. The maximum atomic E-state index is 5.98. The summed E-state index contributed by atoms with van der Waals surface area (Å²) < 4.78 is 11.1. The Bertz CT molecular complexity index is 575. The minimum Gasteiger partial charge on any atom is -0.493 e. The average molecular weight is 316 g/mol. The Hall–Kier alpha value is -1.54. The molecule has 23 heavy (non-hydrogen) atoms. The number of rotatable bonds is 8. The van der Waals surface area contributed by atoms with Gasteiger partial charge in [0.1, 0.15) is 5.75 Å². The SMILES string of the molecule is CC.CCCCc1c(C)cc(OCCCOC)c2ccccc12. The van der Waals surface area contributed by atoms with E-state index in [0.717, 1.165) is 25.2 Å². The van der Waals surface area contributed by atoms with Gasteiger partial charge in [0, 0.05) is 25.5 Å². The van der Waals surface area contributed by atoms with Gasteiger partial charge in [0.25, 0.3) is 0 Å². The zero-order valence-electron chi connectivity index (χ0n) is 15.4. The minimum absolute atomic E-state index is 0.700. The second-order valence-corrected chi connectivity index (χ2v) is 5.51. The van der Waals surface area contributed by atoms with E-state index in [4.69, 9.17) is 9.47 Å². The number of benzene rings is 2. The molecule has 0 saturated carbocycles. The summed E-state index contributed by atoms with van der Waals surface area (Å²) in [6, 6.07) is 10.8. The highest BCUT2D eigenvalue weighted by Crippen LogP contribution is 2.32. The Kier molecular flexibility index (Phi) is 9.39. The predicted molar refractivity (Wildman–Crippen MR) is 101 cm³/mol. The monoisotopic (exact) mass is 316 g/mol. The first-order chi connectivity index (χ1) is 11.3. The van der Waals surface area contributed by atoms with E-state index in [1.54, 1.807) is 7.11 Å². The summed E-state index contributed by atoms with van der Waals surface area (Å²) in [5, 5.41) is 2.57. The molecule has 0 fully saturated rings. The van der Waals surface area contributed by atoms with Gasteiger partial charge < -0.3 is 9.47 Å². The molecule has 2 aromatic rings. The van der Waals surface area contributed by atoms with Gasteiger partial charge in [0.05, 0.1) is 6.61 Å². The lowest BCUT2D eigenvalue weighted by atomic mass is 9.95. The van der Waals surface area contributed by atoms with Crippen molar-refractivity contribution in [3.05, 3.63) is 41.5 Å². The molecule has 128 valence electrons. The summed E-state index contributed by atoms with van der Waals surface area (Å²) in [5.74, 6) is 0.999. The van der Waals surface area contributed by atoms with E-state index in [-0.39, 0.29) is 0 Å². The van der Waals surface area contributed by atoms with Crippen molar-refractivity contribution < 1.29 is 9.47 Å². The molecule has 0 saturated heterocycles. The first-order valence-electron chi connectivity index (χ1n) is 8.91. The molecule has 0 atom stereocenters. The van der Waals surface area contributed by atoms with Crippen LogP contribution in [0.1, 0.15) is 51.2 Å². The van der Waals surface area contributed by atoms with E-state index in [9.17, 15) is 0 Å². The Morgan fingerprint density at radius 3 is 2.30 bits per heavy atom. The predicted octanol–water partition coefficient (Wildman–Crippen LogP) is 5.93. The minimum atomic E-state index is 0.700. The molecular weight excluding hydrogens is 284 g/mol. The third kappa shape index (κ3) is 5.54. The van der Waals surface area contributed by atoms with Crippen molar-refractivity contribution in [2.75, 3.05) is 20.3 Å². The van der Waals surface area contributed by atoms with Gasteiger partial charge >= 0.3 is 0 Å². The van der Waals surface area contributed by atoms with E-state index in [1.165, 1.54) is 34.7 Å². The molecule has 0 N–H and O–H groups in total. The van der Waals surface area contributed by atoms with Crippen molar-refractivity contribution in [1.29, 1.82) is 0 Å². The highest BCUT2D eigenvalue weighted by molar-refractivity contribution is 5.92. The highest BCUT2D eigenvalue weighted by Gasteiger charge is 2.10. The van der Waals surface area contributed by atoms with Crippen LogP contribution in [0.2, 0.25) is 0 Å². The van der Waals surface area contributed by atoms with Gasteiger partial charge in [-0.2, -0.15) is 0 Å². The lowest BCUT2D eigenvalue weighted by molar-refractivity contribution is 0.172. The lowest BCUT2D eigenvalue weighted by Gasteiger charge is -2.15. The van der Waals surface area contributed by atoms with Crippen LogP contribution in [0.15, 0.2) is 30.3 Å². The van der Waals surface area contributed by atoms with Crippen LogP contribution >= 0.6 is 0 Å². The van der Waals surface area contributed by atoms with Gasteiger partial charge in [-0.15, -0.1) is 0 Å². The second-order valence-electron chi connectivity index (χ2n) is 5.51. The van der Waals surface area contributed by atoms with Crippen molar-refractivity contribution in [3.63, 3.8) is 0 Å². The van der Waals surface area contributed by atoms with Gasteiger partial charge in [-0.1, -0.05) is 51.5 Å². The summed E-state index contributed by atoms with van der Waals surface area (Å²) in [6.45, 7) is 9.88. The highest BCUT2D eigenvalue weighted by atomic mass is 16.5. The molecule has 0 radical (unpaired) electrons. The zero-order chi connectivity index (χ0) is 17.1. The Morgan fingerprint density at radius 1 is 0.957 bits per heavy atom. The summed E-state index contributed by atoms with van der Waals surface area (Å²) >= 11 is 0. The number of methoxy groups -OCH3 is 1. The Morgan fingerprint density at radius 2 is 1.65 bits per heavy atom. The van der Waals surface area contributed by atoms with Crippen molar-refractivity contribution in [1.82, 2.24) is 0 Å². The summed E-state index contributed by atoms with van der Waals surface area (Å²) in [5.41, 5.74) is 2.81. The fourth-order valence-corrected chi connectivity index (χ4v) is 2.73. The fraction of sp³-hybridized carbons (Fsp3) is 0.524. The van der Waals surface area contributed by atoms with Gasteiger partial charge in [0.15, 0.2) is 0 Å². The molecule has 0 amide bonds. The van der Waals surface area contributed by atoms with Crippen LogP contribution in [0.4, 0.5) is 0 Å². The lowest BCUT2D eigenvalue weighted by Crippen LogP contribution is -2.03. The first kappa shape index (κ1) is 19.5. The van der Waals surface area contributed by atoms with Gasteiger partial charge in [-0.05, 0) is 42.3 Å². The molecule has 2 aromatic carbocycles. The van der Waals surface area contributed by atoms with Gasteiger partial charge in [-0.25, -0.2) is 0 Å². The molecule has 0 aliphatic carbocycles. The standard InChI is InChI=1S/C19H26O2.C2H6/c1-4-5-9-16-15(2)14-19(21-13-8-12-20-3)18-11-7-6-10-17(16)18;1-2/h6-7,10-11,14H,4-5,8-9,12-13H2,1-3H3;1-2H3. The maximum absolute atomic E-state index is 5.98. The number of aryl methyl sites for hydroxylation is 2. The molecule has 0 aromatic heterocycles. The smallest absolute Gasteiger partial charge is 0.127 e. The Labute approximate surface area is 141 Å². The molecule has 2 rings (SSSR count).